The van der Waals surface area contributed by atoms with Crippen LogP contribution in [-0.4, -0.2) is 74.5 Å². The zero-order valence-corrected chi connectivity index (χ0v) is 29.5. The predicted octanol–water partition coefficient (Wildman–Crippen LogP) is 5.05. The molecule has 0 spiro atoms. The van der Waals surface area contributed by atoms with E-state index in [9.17, 15) is 0 Å². The van der Waals surface area contributed by atoms with Crippen molar-refractivity contribution < 1.29 is 42.7 Å². The van der Waals surface area contributed by atoms with Gasteiger partial charge in [-0.1, -0.05) is 0 Å². The van der Waals surface area contributed by atoms with E-state index in [-0.39, 0.29) is 30.5 Å². The van der Waals surface area contributed by atoms with Gasteiger partial charge in [0.1, 0.15) is 0 Å². The smallest absolute Gasteiger partial charge is 0.373 e. The molecule has 15 heteroatoms. The van der Waals surface area contributed by atoms with E-state index < -0.39 is 44.0 Å². The zero-order valence-electron chi connectivity index (χ0n) is 24.5. The average molecular weight is 591 g/mol. The van der Waals surface area contributed by atoms with Crippen molar-refractivity contribution in [2.75, 3.05) is 0 Å². The average Bonchev–Trinajstić information content (AvgIpc) is 2.45. The molecule has 10 nitrogen and oxygen atoms in total. The Kier molecular flexibility index (Phi) is 12.2. The highest BCUT2D eigenvalue weighted by Crippen LogP contribution is 2.35. The predicted molar refractivity (Wildman–Crippen MR) is 145 cm³/mol. The SMILES string of the molecule is CC(C)O[Si]1(C)O[Si](C)(OC(C)C)O[Si](C)(OC(C)C)O[Si](C)(OC(C)C)O[Si](C)(OC(C)C)O1. The molecule has 0 radical (unpaired) electrons. The summed E-state index contributed by atoms with van der Waals surface area (Å²) in [6.07, 6.45) is -0.872. The molecule has 210 valence electrons. The maximum absolute atomic E-state index is 6.64. The molecular formula is C20H50O10Si5. The minimum atomic E-state index is -3.45. The van der Waals surface area contributed by atoms with Crippen LogP contribution in [0, 0.1) is 0 Å². The molecule has 1 heterocycles. The van der Waals surface area contributed by atoms with E-state index in [0.717, 1.165) is 0 Å². The summed E-state index contributed by atoms with van der Waals surface area (Å²) in [4.78, 5) is 0. The van der Waals surface area contributed by atoms with Crippen molar-refractivity contribution in [3.8, 4) is 0 Å². The van der Waals surface area contributed by atoms with E-state index in [1.807, 2.05) is 102 Å². The lowest BCUT2D eigenvalue weighted by atomic mass is 10.5. The molecule has 0 amide bonds. The lowest BCUT2D eigenvalue weighted by Gasteiger charge is -2.48. The van der Waals surface area contributed by atoms with Gasteiger partial charge in [-0.3, -0.25) is 0 Å². The molecule has 0 unspecified atom stereocenters. The van der Waals surface area contributed by atoms with E-state index >= 15 is 0 Å². The van der Waals surface area contributed by atoms with Crippen molar-refractivity contribution in [3.05, 3.63) is 0 Å². The molecule has 0 N–H and O–H groups in total. The van der Waals surface area contributed by atoms with E-state index in [1.165, 1.54) is 0 Å². The molecule has 1 fully saturated rings. The van der Waals surface area contributed by atoms with Crippen LogP contribution < -0.4 is 0 Å². The van der Waals surface area contributed by atoms with Gasteiger partial charge in [-0.2, -0.15) is 0 Å². The van der Waals surface area contributed by atoms with E-state index in [4.69, 9.17) is 42.7 Å². The van der Waals surface area contributed by atoms with Crippen molar-refractivity contribution in [1.29, 1.82) is 0 Å². The van der Waals surface area contributed by atoms with Crippen molar-refractivity contribution in [3.63, 3.8) is 0 Å². The van der Waals surface area contributed by atoms with E-state index in [1.54, 1.807) is 0 Å². The summed E-state index contributed by atoms with van der Waals surface area (Å²) in [6, 6.07) is 0. The van der Waals surface area contributed by atoms with Crippen LogP contribution in [0.2, 0.25) is 32.7 Å². The highest BCUT2D eigenvalue weighted by molar-refractivity contribution is 6.88. The fraction of sp³-hybridized carbons (Fsp3) is 1.00. The second-order valence-electron chi connectivity index (χ2n) is 10.7. The molecular weight excluding hydrogens is 541 g/mol. The quantitative estimate of drug-likeness (QED) is 0.322. The molecule has 35 heavy (non-hydrogen) atoms. The fourth-order valence-electron chi connectivity index (χ4n) is 4.17. The molecule has 0 aromatic rings. The standard InChI is InChI=1S/C20H50O10Si5/c1-16(2)21-31(11)26-32(12,22-17(3)4)28-34(14,24-19(7)8)30-35(15,25-20(9)10)29-33(13,27-31)23-18(5)6/h16-20H,1-15H3. The zero-order chi connectivity index (χ0) is 27.5. The molecule has 0 bridgehead atoms. The Morgan fingerprint density at radius 3 is 0.514 bits per heavy atom. The summed E-state index contributed by atoms with van der Waals surface area (Å²) in [5.74, 6) is 0. The Morgan fingerprint density at radius 2 is 0.429 bits per heavy atom. The van der Waals surface area contributed by atoms with Crippen molar-refractivity contribution in [2.45, 2.75) is 132 Å². The van der Waals surface area contributed by atoms with Gasteiger partial charge in [0.15, 0.2) is 0 Å². The summed E-state index contributed by atoms with van der Waals surface area (Å²) in [7, 11) is -17.2. The Hall–Kier alpha value is 0.684. The van der Waals surface area contributed by atoms with Gasteiger partial charge in [0.05, 0.1) is 0 Å². The number of hydrogen-bond acceptors (Lipinski definition) is 10. The first kappa shape index (κ1) is 33.7. The van der Waals surface area contributed by atoms with Gasteiger partial charge in [0.2, 0.25) is 0 Å². The molecule has 1 saturated heterocycles. The van der Waals surface area contributed by atoms with Gasteiger partial charge in [-0.05, 0) is 69.2 Å². The van der Waals surface area contributed by atoms with Crippen molar-refractivity contribution in [2.24, 2.45) is 0 Å². The maximum atomic E-state index is 6.64. The normalized spacial score (nSPS) is 37.7. The fourth-order valence-corrected chi connectivity index (χ4v) is 26.6. The number of hydrogen-bond donors (Lipinski definition) is 0. The molecule has 1 rings (SSSR count). The molecule has 0 atom stereocenters. The van der Waals surface area contributed by atoms with Gasteiger partial charge < -0.3 is 42.7 Å². The first-order valence-electron chi connectivity index (χ1n) is 12.5. The molecule has 0 saturated carbocycles. The van der Waals surface area contributed by atoms with Crippen LogP contribution >= 0.6 is 0 Å². The molecule has 1 aliphatic rings. The molecule has 0 aromatic carbocycles. The number of rotatable bonds is 10. The monoisotopic (exact) mass is 590 g/mol. The van der Waals surface area contributed by atoms with Crippen LogP contribution in [0.5, 0.6) is 0 Å². The second kappa shape index (κ2) is 12.7. The first-order valence-corrected chi connectivity index (χ1v) is 23.6. The summed E-state index contributed by atoms with van der Waals surface area (Å²) in [5, 5.41) is 0. The Balaban J connectivity index is 3.79. The largest absolute Gasteiger partial charge is 0.483 e. The summed E-state index contributed by atoms with van der Waals surface area (Å²) < 4.78 is 64.8. The Morgan fingerprint density at radius 1 is 0.314 bits per heavy atom. The maximum Gasteiger partial charge on any atom is 0.483 e. The first-order chi connectivity index (χ1) is 15.6. The Labute approximate surface area is 219 Å². The minimum absolute atomic E-state index is 0.174. The molecule has 0 aliphatic carbocycles. The van der Waals surface area contributed by atoms with Gasteiger partial charge in [-0.15, -0.1) is 0 Å². The van der Waals surface area contributed by atoms with Crippen LogP contribution in [-0.2, 0) is 42.7 Å². The van der Waals surface area contributed by atoms with Gasteiger partial charge in [0, 0.05) is 63.3 Å². The third kappa shape index (κ3) is 11.9. The minimum Gasteiger partial charge on any atom is -0.373 e. The third-order valence-electron chi connectivity index (χ3n) is 4.10. The summed E-state index contributed by atoms with van der Waals surface area (Å²) >= 11 is 0. The highest BCUT2D eigenvalue weighted by Gasteiger charge is 2.63. The van der Waals surface area contributed by atoms with Crippen LogP contribution in [0.3, 0.4) is 0 Å². The highest BCUT2D eigenvalue weighted by atomic mass is 28.6. The van der Waals surface area contributed by atoms with Crippen LogP contribution in [0.4, 0.5) is 0 Å². The van der Waals surface area contributed by atoms with Gasteiger partial charge in [0.25, 0.3) is 0 Å². The molecule has 0 aromatic heterocycles. The third-order valence-corrected chi connectivity index (χ3v) is 23.4. The van der Waals surface area contributed by atoms with Crippen molar-refractivity contribution in [1.82, 2.24) is 0 Å². The lowest BCUT2D eigenvalue weighted by molar-refractivity contribution is -0.00242. The van der Waals surface area contributed by atoms with E-state index in [2.05, 4.69) is 0 Å². The topological polar surface area (TPSA) is 92.3 Å². The lowest BCUT2D eigenvalue weighted by Crippen LogP contribution is -2.71. The van der Waals surface area contributed by atoms with Crippen LogP contribution in [0.25, 0.3) is 0 Å². The summed E-state index contributed by atoms with van der Waals surface area (Å²) in [5.41, 5.74) is 0. The van der Waals surface area contributed by atoms with Crippen molar-refractivity contribution >= 4 is 44.0 Å². The molecule has 1 aliphatic heterocycles. The van der Waals surface area contributed by atoms with Crippen LogP contribution in [0.1, 0.15) is 69.2 Å². The Bertz CT molecular complexity index is 527. The van der Waals surface area contributed by atoms with Crippen LogP contribution in [0.15, 0.2) is 0 Å². The van der Waals surface area contributed by atoms with Gasteiger partial charge in [-0.25, -0.2) is 0 Å². The van der Waals surface area contributed by atoms with E-state index in [0.29, 0.717) is 0 Å². The second-order valence-corrected chi connectivity index (χ2v) is 24.5. The summed E-state index contributed by atoms with van der Waals surface area (Å²) in [6.45, 7) is 28.5. The van der Waals surface area contributed by atoms with Gasteiger partial charge >= 0.3 is 44.0 Å².